The van der Waals surface area contributed by atoms with Crippen LogP contribution in [0.25, 0.3) is 10.6 Å². The van der Waals surface area contributed by atoms with Crippen LogP contribution in [0.4, 0.5) is 0 Å². The summed E-state index contributed by atoms with van der Waals surface area (Å²) in [4.78, 5) is 0. The predicted molar refractivity (Wildman–Crippen MR) is 77.7 cm³/mol. The lowest BCUT2D eigenvalue weighted by atomic mass is 9.90. The van der Waals surface area contributed by atoms with Gasteiger partial charge >= 0.3 is 0 Å². The molecule has 3 nitrogen and oxygen atoms in total. The summed E-state index contributed by atoms with van der Waals surface area (Å²) in [6.07, 6.45) is 6.60. The Morgan fingerprint density at radius 3 is 2.47 bits per heavy atom. The van der Waals surface area contributed by atoms with Crippen LogP contribution in [0.1, 0.15) is 43.0 Å². The molecule has 0 aliphatic heterocycles. The van der Waals surface area contributed by atoms with Crippen molar-refractivity contribution >= 4 is 11.3 Å². The standard InChI is InChI=1S/C15H18N2OS/c1-18-13-9-7-12(8-10-13)15-17-16-14(19-15)11-5-3-2-4-6-11/h7-11H,2-6H2,1H3. The molecule has 2 aromatic rings. The Morgan fingerprint density at radius 1 is 1.05 bits per heavy atom. The molecule has 100 valence electrons. The van der Waals surface area contributed by atoms with E-state index in [9.17, 15) is 0 Å². The topological polar surface area (TPSA) is 35.0 Å². The van der Waals surface area contributed by atoms with Crippen molar-refractivity contribution in [3.8, 4) is 16.3 Å². The maximum absolute atomic E-state index is 5.17. The van der Waals surface area contributed by atoms with Gasteiger partial charge in [0.05, 0.1) is 7.11 Å². The highest BCUT2D eigenvalue weighted by molar-refractivity contribution is 7.14. The van der Waals surface area contributed by atoms with E-state index in [0.29, 0.717) is 5.92 Å². The lowest BCUT2D eigenvalue weighted by Gasteiger charge is -2.18. The molecule has 1 aliphatic carbocycles. The lowest BCUT2D eigenvalue weighted by molar-refractivity contribution is 0.415. The highest BCUT2D eigenvalue weighted by Crippen LogP contribution is 2.36. The molecule has 0 radical (unpaired) electrons. The third-order valence-electron chi connectivity index (χ3n) is 3.73. The zero-order valence-electron chi connectivity index (χ0n) is 11.1. The molecule has 1 aromatic heterocycles. The van der Waals surface area contributed by atoms with E-state index in [-0.39, 0.29) is 0 Å². The van der Waals surface area contributed by atoms with Gasteiger partial charge in [-0.1, -0.05) is 30.6 Å². The average Bonchev–Trinajstić information content (AvgIpc) is 2.98. The van der Waals surface area contributed by atoms with Crippen LogP contribution >= 0.6 is 11.3 Å². The second-order valence-electron chi connectivity index (χ2n) is 5.01. The van der Waals surface area contributed by atoms with Gasteiger partial charge in [0, 0.05) is 11.5 Å². The van der Waals surface area contributed by atoms with E-state index in [2.05, 4.69) is 10.2 Å². The van der Waals surface area contributed by atoms with Crippen LogP contribution in [0.2, 0.25) is 0 Å². The fraction of sp³-hybridized carbons (Fsp3) is 0.467. The molecule has 0 N–H and O–H groups in total. The van der Waals surface area contributed by atoms with Crippen LogP contribution in [0.3, 0.4) is 0 Å². The molecule has 1 heterocycles. The molecular formula is C15H18N2OS. The van der Waals surface area contributed by atoms with Gasteiger partial charge in [0.1, 0.15) is 15.8 Å². The molecule has 0 unspecified atom stereocenters. The Balaban J connectivity index is 1.79. The summed E-state index contributed by atoms with van der Waals surface area (Å²) >= 11 is 1.74. The predicted octanol–water partition coefficient (Wildman–Crippen LogP) is 4.26. The van der Waals surface area contributed by atoms with Gasteiger partial charge in [0.2, 0.25) is 0 Å². The zero-order chi connectivity index (χ0) is 13.1. The highest BCUT2D eigenvalue weighted by atomic mass is 32.1. The summed E-state index contributed by atoms with van der Waals surface area (Å²) in [5.41, 5.74) is 1.13. The van der Waals surface area contributed by atoms with Crippen molar-refractivity contribution in [2.75, 3.05) is 7.11 Å². The molecular weight excluding hydrogens is 256 g/mol. The SMILES string of the molecule is COc1ccc(-c2nnc(C3CCCCC3)s2)cc1. The molecule has 1 fully saturated rings. The normalized spacial score (nSPS) is 16.5. The number of nitrogens with zero attached hydrogens (tertiary/aromatic N) is 2. The zero-order valence-corrected chi connectivity index (χ0v) is 11.9. The molecule has 0 saturated heterocycles. The van der Waals surface area contributed by atoms with E-state index in [4.69, 9.17) is 4.74 Å². The molecule has 0 spiro atoms. The summed E-state index contributed by atoms with van der Waals surface area (Å²) in [5.74, 6) is 1.51. The van der Waals surface area contributed by atoms with Crippen molar-refractivity contribution < 1.29 is 4.74 Å². The molecule has 4 heteroatoms. The monoisotopic (exact) mass is 274 g/mol. The second kappa shape index (κ2) is 5.70. The van der Waals surface area contributed by atoms with E-state index >= 15 is 0 Å². The number of aromatic nitrogens is 2. The Labute approximate surface area is 117 Å². The van der Waals surface area contributed by atoms with E-state index in [1.54, 1.807) is 18.4 Å². The van der Waals surface area contributed by atoms with Crippen LogP contribution in [0.15, 0.2) is 24.3 Å². The molecule has 0 bridgehead atoms. The molecule has 1 saturated carbocycles. The van der Waals surface area contributed by atoms with Crippen molar-refractivity contribution in [3.63, 3.8) is 0 Å². The van der Waals surface area contributed by atoms with Gasteiger partial charge in [-0.15, -0.1) is 10.2 Å². The van der Waals surface area contributed by atoms with Crippen molar-refractivity contribution in [1.82, 2.24) is 10.2 Å². The van der Waals surface area contributed by atoms with Gasteiger partial charge in [-0.3, -0.25) is 0 Å². The third-order valence-corrected chi connectivity index (χ3v) is 4.87. The number of rotatable bonds is 3. The first-order chi connectivity index (χ1) is 9.36. The summed E-state index contributed by atoms with van der Waals surface area (Å²) in [7, 11) is 1.68. The van der Waals surface area contributed by atoms with Gasteiger partial charge in [-0.25, -0.2) is 0 Å². The third kappa shape index (κ3) is 2.78. The Bertz CT molecular complexity index is 529. The molecule has 0 amide bonds. The maximum atomic E-state index is 5.17. The van der Waals surface area contributed by atoms with Gasteiger partial charge < -0.3 is 4.74 Å². The summed E-state index contributed by atoms with van der Waals surface area (Å²) in [6.45, 7) is 0. The van der Waals surface area contributed by atoms with Crippen LogP contribution < -0.4 is 4.74 Å². The van der Waals surface area contributed by atoms with Crippen molar-refractivity contribution in [3.05, 3.63) is 29.3 Å². The number of benzene rings is 1. The molecule has 3 rings (SSSR count). The number of ether oxygens (including phenoxy) is 1. The van der Waals surface area contributed by atoms with Gasteiger partial charge in [-0.2, -0.15) is 0 Å². The average molecular weight is 274 g/mol. The first-order valence-corrected chi connectivity index (χ1v) is 7.66. The van der Waals surface area contributed by atoms with Crippen LogP contribution in [0, 0.1) is 0 Å². The smallest absolute Gasteiger partial charge is 0.147 e. The van der Waals surface area contributed by atoms with E-state index in [1.807, 2.05) is 24.3 Å². The van der Waals surface area contributed by atoms with Gasteiger partial charge in [0.25, 0.3) is 0 Å². The van der Waals surface area contributed by atoms with Gasteiger partial charge in [-0.05, 0) is 37.1 Å². The lowest BCUT2D eigenvalue weighted by Crippen LogP contribution is -2.03. The minimum absolute atomic E-state index is 0.637. The van der Waals surface area contributed by atoms with E-state index in [1.165, 1.54) is 37.1 Å². The van der Waals surface area contributed by atoms with E-state index in [0.717, 1.165) is 16.3 Å². The summed E-state index contributed by atoms with van der Waals surface area (Å²) in [6, 6.07) is 8.03. The summed E-state index contributed by atoms with van der Waals surface area (Å²) in [5, 5.41) is 11.0. The Morgan fingerprint density at radius 2 is 1.79 bits per heavy atom. The molecule has 0 atom stereocenters. The summed E-state index contributed by atoms with van der Waals surface area (Å²) < 4.78 is 5.17. The van der Waals surface area contributed by atoms with Gasteiger partial charge in [0.15, 0.2) is 0 Å². The fourth-order valence-corrected chi connectivity index (χ4v) is 3.62. The molecule has 1 aliphatic rings. The Hall–Kier alpha value is -1.42. The van der Waals surface area contributed by atoms with Crippen LogP contribution in [0.5, 0.6) is 5.75 Å². The fourth-order valence-electron chi connectivity index (χ4n) is 2.60. The first kappa shape index (κ1) is 12.6. The van der Waals surface area contributed by atoms with Crippen molar-refractivity contribution in [2.24, 2.45) is 0 Å². The van der Waals surface area contributed by atoms with Crippen molar-refractivity contribution in [2.45, 2.75) is 38.0 Å². The molecule has 1 aromatic carbocycles. The maximum Gasteiger partial charge on any atom is 0.147 e. The van der Waals surface area contributed by atoms with Crippen molar-refractivity contribution in [1.29, 1.82) is 0 Å². The number of hydrogen-bond acceptors (Lipinski definition) is 4. The van der Waals surface area contributed by atoms with Crippen LogP contribution in [-0.2, 0) is 0 Å². The minimum Gasteiger partial charge on any atom is -0.497 e. The first-order valence-electron chi connectivity index (χ1n) is 6.84. The number of methoxy groups -OCH3 is 1. The molecule has 19 heavy (non-hydrogen) atoms. The second-order valence-corrected chi connectivity index (χ2v) is 6.02. The quantitative estimate of drug-likeness (QED) is 0.838. The highest BCUT2D eigenvalue weighted by Gasteiger charge is 2.19. The van der Waals surface area contributed by atoms with Crippen LogP contribution in [-0.4, -0.2) is 17.3 Å². The largest absolute Gasteiger partial charge is 0.497 e. The minimum atomic E-state index is 0.637. The number of hydrogen-bond donors (Lipinski definition) is 0. The Kier molecular flexibility index (Phi) is 3.78. The van der Waals surface area contributed by atoms with E-state index < -0.39 is 0 Å².